The highest BCUT2D eigenvalue weighted by Crippen LogP contribution is 2.26. The van der Waals surface area contributed by atoms with E-state index in [-0.39, 0.29) is 5.78 Å². The van der Waals surface area contributed by atoms with Crippen LogP contribution in [0, 0.1) is 13.8 Å². The van der Waals surface area contributed by atoms with Crippen LogP contribution >= 0.6 is 0 Å². The number of carbonyl (C=O) groups is 1. The van der Waals surface area contributed by atoms with Crippen LogP contribution in [0.2, 0.25) is 0 Å². The van der Waals surface area contributed by atoms with Gasteiger partial charge in [-0.3, -0.25) is 4.79 Å². The van der Waals surface area contributed by atoms with Crippen molar-refractivity contribution in [3.8, 4) is 0 Å². The van der Waals surface area contributed by atoms with Gasteiger partial charge in [0.05, 0.1) is 0 Å². The zero-order chi connectivity index (χ0) is 13.2. The van der Waals surface area contributed by atoms with Crippen LogP contribution in [-0.4, -0.2) is 5.78 Å². The lowest BCUT2D eigenvalue weighted by molar-refractivity contribution is -0.113. The lowest BCUT2D eigenvalue weighted by Gasteiger charge is -2.09. The van der Waals surface area contributed by atoms with Gasteiger partial charge in [-0.2, -0.15) is 0 Å². The van der Waals surface area contributed by atoms with E-state index in [9.17, 15) is 4.79 Å². The first-order valence-electron chi connectivity index (χ1n) is 6.47. The number of ketones is 1. The molecule has 1 nitrogen and oxygen atoms in total. The molecule has 18 heavy (non-hydrogen) atoms. The number of hydrogen-bond acceptors (Lipinski definition) is 1. The molecule has 1 aromatic rings. The molecular formula is C17H18O. The van der Waals surface area contributed by atoms with Crippen molar-refractivity contribution >= 4 is 16.9 Å². The highest BCUT2D eigenvalue weighted by Gasteiger charge is 2.27. The first-order chi connectivity index (χ1) is 8.43. The van der Waals surface area contributed by atoms with E-state index in [0.29, 0.717) is 6.42 Å². The van der Waals surface area contributed by atoms with Gasteiger partial charge in [-0.25, -0.2) is 0 Å². The largest absolute Gasteiger partial charge is 0.294 e. The Bertz CT molecular complexity index is 680. The minimum Gasteiger partial charge on any atom is -0.294 e. The van der Waals surface area contributed by atoms with Gasteiger partial charge in [0.2, 0.25) is 0 Å². The van der Waals surface area contributed by atoms with Crippen molar-refractivity contribution in [2.24, 2.45) is 0 Å². The van der Waals surface area contributed by atoms with Crippen LogP contribution in [0.15, 0.2) is 12.2 Å². The molecule has 0 aliphatic heterocycles. The molecule has 0 aromatic heterocycles. The molecule has 0 unspecified atom stereocenters. The first-order valence-corrected chi connectivity index (χ1v) is 6.47. The topological polar surface area (TPSA) is 17.1 Å². The van der Waals surface area contributed by atoms with Gasteiger partial charge in [0.15, 0.2) is 5.78 Å². The molecule has 0 spiro atoms. The number of benzene rings is 1. The second-order valence-corrected chi connectivity index (χ2v) is 5.59. The molecule has 0 amide bonds. The highest BCUT2D eigenvalue weighted by molar-refractivity contribution is 6.17. The minimum absolute atomic E-state index is 0.288. The third-order valence-electron chi connectivity index (χ3n) is 4.71. The zero-order valence-electron chi connectivity index (χ0n) is 11.5. The summed E-state index contributed by atoms with van der Waals surface area (Å²) in [6.45, 7) is 12.6. The summed E-state index contributed by atoms with van der Waals surface area (Å²) < 4.78 is 0. The molecule has 0 atom stereocenters. The van der Waals surface area contributed by atoms with E-state index < -0.39 is 0 Å². The van der Waals surface area contributed by atoms with Crippen molar-refractivity contribution in [2.45, 2.75) is 40.5 Å². The van der Waals surface area contributed by atoms with Gasteiger partial charge in [0, 0.05) is 12.0 Å². The Morgan fingerprint density at radius 2 is 1.33 bits per heavy atom. The van der Waals surface area contributed by atoms with Gasteiger partial charge in [0.25, 0.3) is 0 Å². The molecule has 1 heteroatoms. The van der Waals surface area contributed by atoms with Crippen LogP contribution < -0.4 is 10.4 Å². The van der Waals surface area contributed by atoms with Crippen molar-refractivity contribution in [3.63, 3.8) is 0 Å². The van der Waals surface area contributed by atoms with E-state index in [4.69, 9.17) is 0 Å². The molecule has 92 valence electrons. The van der Waals surface area contributed by atoms with Crippen molar-refractivity contribution in [1.29, 1.82) is 0 Å². The third kappa shape index (κ3) is 1.19. The Morgan fingerprint density at radius 3 is 1.94 bits per heavy atom. The standard InChI is InChI=1S/C17H18O/c1-8-6-13-14-7-15(18)12(5)17(14)11(4)10(3)16(13)9(8)2/h1,6-7H2,2-5H3. The molecule has 0 heterocycles. The average molecular weight is 238 g/mol. The second-order valence-electron chi connectivity index (χ2n) is 5.59. The smallest absolute Gasteiger partial charge is 0.163 e. The van der Waals surface area contributed by atoms with Crippen LogP contribution in [0.5, 0.6) is 0 Å². The maximum absolute atomic E-state index is 12.0. The summed E-state index contributed by atoms with van der Waals surface area (Å²) in [5, 5.41) is 2.58. The predicted molar refractivity (Wildman–Crippen MR) is 74.9 cm³/mol. The fourth-order valence-electron chi connectivity index (χ4n) is 3.49. The van der Waals surface area contributed by atoms with Gasteiger partial charge in [0.1, 0.15) is 0 Å². The van der Waals surface area contributed by atoms with Crippen molar-refractivity contribution in [2.75, 3.05) is 0 Å². The fourth-order valence-corrected chi connectivity index (χ4v) is 3.49. The van der Waals surface area contributed by atoms with Crippen molar-refractivity contribution in [3.05, 3.63) is 44.8 Å². The SMILES string of the molecule is C=C1Cc2c3c(c(C)c(C)c2=C1C)=C(C)C(=O)C3. The average Bonchev–Trinajstić information content (AvgIpc) is 2.77. The van der Waals surface area contributed by atoms with Gasteiger partial charge in [-0.05, 0) is 78.0 Å². The number of allylic oxidation sites excluding steroid dienone is 1. The molecule has 0 bridgehead atoms. The van der Waals surface area contributed by atoms with Crippen LogP contribution in [0.3, 0.4) is 0 Å². The Morgan fingerprint density at radius 1 is 0.833 bits per heavy atom. The summed E-state index contributed by atoms with van der Waals surface area (Å²) in [6, 6.07) is 0. The highest BCUT2D eigenvalue weighted by atomic mass is 16.1. The molecule has 0 radical (unpaired) electrons. The Balaban J connectivity index is 2.59. The van der Waals surface area contributed by atoms with Crippen LogP contribution in [0.25, 0.3) is 11.1 Å². The van der Waals surface area contributed by atoms with E-state index >= 15 is 0 Å². The van der Waals surface area contributed by atoms with E-state index in [1.165, 1.54) is 43.8 Å². The van der Waals surface area contributed by atoms with Crippen LogP contribution in [-0.2, 0) is 17.6 Å². The maximum atomic E-state index is 12.0. The lowest BCUT2D eigenvalue weighted by Crippen LogP contribution is -2.24. The number of hydrogen-bond donors (Lipinski definition) is 0. The second kappa shape index (κ2) is 3.44. The summed E-state index contributed by atoms with van der Waals surface area (Å²) in [4.78, 5) is 12.0. The van der Waals surface area contributed by atoms with Gasteiger partial charge in [-0.15, -0.1) is 0 Å². The summed E-state index contributed by atoms with van der Waals surface area (Å²) in [6.07, 6.45) is 1.51. The Labute approximate surface area is 108 Å². The molecule has 3 rings (SSSR count). The summed E-state index contributed by atoms with van der Waals surface area (Å²) in [7, 11) is 0. The number of Topliss-reactive ketones (excluding diaryl/α,β-unsaturated/α-hetero) is 1. The molecule has 0 saturated carbocycles. The fraction of sp³-hybridized carbons (Fsp3) is 0.353. The number of fused-ring (bicyclic) bond motifs is 3. The first kappa shape index (κ1) is 11.5. The molecule has 0 fully saturated rings. The predicted octanol–water partition coefficient (Wildman–Crippen LogP) is 1.88. The number of rotatable bonds is 0. The van der Waals surface area contributed by atoms with Crippen LogP contribution in [0.1, 0.15) is 36.1 Å². The van der Waals surface area contributed by atoms with Crippen molar-refractivity contribution < 1.29 is 4.79 Å². The Kier molecular flexibility index (Phi) is 2.19. The van der Waals surface area contributed by atoms with Crippen molar-refractivity contribution in [1.82, 2.24) is 0 Å². The monoisotopic (exact) mass is 238 g/mol. The van der Waals surface area contributed by atoms with Gasteiger partial charge < -0.3 is 0 Å². The zero-order valence-corrected chi connectivity index (χ0v) is 11.5. The maximum Gasteiger partial charge on any atom is 0.163 e. The summed E-state index contributed by atoms with van der Waals surface area (Å²) in [5.41, 5.74) is 8.70. The van der Waals surface area contributed by atoms with Gasteiger partial charge in [-0.1, -0.05) is 6.58 Å². The van der Waals surface area contributed by atoms with E-state index in [1.807, 2.05) is 6.92 Å². The molecule has 1 aromatic carbocycles. The molecule has 2 aliphatic carbocycles. The summed E-state index contributed by atoms with van der Waals surface area (Å²) >= 11 is 0. The molecular weight excluding hydrogens is 220 g/mol. The van der Waals surface area contributed by atoms with E-state index in [1.54, 1.807) is 0 Å². The third-order valence-corrected chi connectivity index (χ3v) is 4.71. The molecule has 0 N–H and O–H groups in total. The van der Waals surface area contributed by atoms with E-state index in [2.05, 4.69) is 27.4 Å². The number of carbonyl (C=O) groups excluding carboxylic acids is 1. The normalized spacial score (nSPS) is 17.6. The van der Waals surface area contributed by atoms with Gasteiger partial charge >= 0.3 is 0 Å². The molecule has 0 saturated heterocycles. The minimum atomic E-state index is 0.288. The Hall–Kier alpha value is -1.63. The molecule has 2 aliphatic rings. The van der Waals surface area contributed by atoms with Crippen LogP contribution in [0.4, 0.5) is 0 Å². The lowest BCUT2D eigenvalue weighted by atomic mass is 9.95. The van der Waals surface area contributed by atoms with E-state index in [0.717, 1.165) is 12.0 Å². The quantitative estimate of drug-likeness (QED) is 0.674. The summed E-state index contributed by atoms with van der Waals surface area (Å²) in [5.74, 6) is 0.288.